The summed E-state index contributed by atoms with van der Waals surface area (Å²) in [5.41, 5.74) is 1.82. The van der Waals surface area contributed by atoms with E-state index in [2.05, 4.69) is 9.80 Å². The van der Waals surface area contributed by atoms with E-state index in [9.17, 15) is 18.3 Å². The normalized spacial score (nSPS) is 21.2. The molecule has 2 heterocycles. The van der Waals surface area contributed by atoms with Crippen molar-refractivity contribution in [2.24, 2.45) is 0 Å². The minimum atomic E-state index is -3.08. The van der Waals surface area contributed by atoms with Crippen molar-refractivity contribution in [1.82, 2.24) is 9.80 Å². The Kier molecular flexibility index (Phi) is 6.48. The first-order valence-electron chi connectivity index (χ1n) is 10.7. The average molecular weight is 444 g/mol. The molecule has 1 amide bonds. The van der Waals surface area contributed by atoms with Crippen LogP contribution in [0.5, 0.6) is 5.75 Å². The van der Waals surface area contributed by atoms with E-state index in [1.54, 1.807) is 17.0 Å². The van der Waals surface area contributed by atoms with Crippen LogP contribution in [-0.4, -0.2) is 79.5 Å². The first kappa shape index (κ1) is 21.6. The van der Waals surface area contributed by atoms with Gasteiger partial charge < -0.3 is 14.9 Å². The number of hydrogen-bond donors (Lipinski definition) is 1. The molecule has 8 heteroatoms. The Morgan fingerprint density at radius 3 is 2.32 bits per heavy atom. The lowest BCUT2D eigenvalue weighted by Crippen LogP contribution is -2.51. The zero-order valence-electron chi connectivity index (χ0n) is 17.6. The third kappa shape index (κ3) is 5.37. The number of hydrogen-bond acceptors (Lipinski definition) is 6. The predicted octanol–water partition coefficient (Wildman–Crippen LogP) is 1.73. The number of carbonyl (C=O) groups excluding carboxylic acids is 1. The van der Waals surface area contributed by atoms with Gasteiger partial charge in [0.15, 0.2) is 9.84 Å². The Labute approximate surface area is 183 Å². The van der Waals surface area contributed by atoms with Crippen molar-refractivity contribution in [3.63, 3.8) is 0 Å². The summed E-state index contributed by atoms with van der Waals surface area (Å²) in [5, 5.41) is 10.1. The second kappa shape index (κ2) is 9.28. The molecule has 2 saturated heterocycles. The van der Waals surface area contributed by atoms with Crippen LogP contribution in [0.4, 0.5) is 5.69 Å². The van der Waals surface area contributed by atoms with Crippen molar-refractivity contribution in [3.05, 3.63) is 60.2 Å². The number of carbonyl (C=O) groups is 1. The van der Waals surface area contributed by atoms with Crippen LogP contribution in [-0.2, 0) is 21.2 Å². The van der Waals surface area contributed by atoms with E-state index < -0.39 is 9.84 Å². The van der Waals surface area contributed by atoms with Gasteiger partial charge in [0, 0.05) is 38.8 Å². The molecule has 2 aromatic rings. The third-order valence-corrected chi connectivity index (χ3v) is 7.87. The van der Waals surface area contributed by atoms with Crippen LogP contribution in [0.15, 0.2) is 54.6 Å². The van der Waals surface area contributed by atoms with E-state index in [1.807, 2.05) is 42.5 Å². The van der Waals surface area contributed by atoms with Gasteiger partial charge in [-0.2, -0.15) is 0 Å². The first-order valence-corrected chi connectivity index (χ1v) is 12.5. The van der Waals surface area contributed by atoms with Gasteiger partial charge in [-0.25, -0.2) is 8.42 Å². The number of phenols is 1. The monoisotopic (exact) mass is 443 g/mol. The molecule has 0 aliphatic carbocycles. The van der Waals surface area contributed by atoms with E-state index in [0.29, 0.717) is 26.1 Å². The highest BCUT2D eigenvalue weighted by Gasteiger charge is 2.35. The molecular weight excluding hydrogens is 414 g/mol. The zero-order chi connectivity index (χ0) is 21.8. The number of phenolic OH excluding ortho intramolecular Hbond substituents is 1. The summed E-state index contributed by atoms with van der Waals surface area (Å²) >= 11 is 0. The number of anilines is 1. The summed E-state index contributed by atoms with van der Waals surface area (Å²) in [7, 11) is -3.08. The molecule has 2 aliphatic heterocycles. The van der Waals surface area contributed by atoms with Crippen molar-refractivity contribution < 1.29 is 18.3 Å². The zero-order valence-corrected chi connectivity index (χ0v) is 18.4. The van der Waals surface area contributed by atoms with Crippen LogP contribution in [0.2, 0.25) is 0 Å². The summed E-state index contributed by atoms with van der Waals surface area (Å²) in [5.74, 6) is 0.438. The van der Waals surface area contributed by atoms with Gasteiger partial charge in [0.2, 0.25) is 5.91 Å². The van der Waals surface area contributed by atoms with Crippen molar-refractivity contribution in [2.45, 2.75) is 19.0 Å². The fraction of sp³-hybridized carbons (Fsp3) is 0.435. The van der Waals surface area contributed by atoms with Gasteiger partial charge in [0.1, 0.15) is 5.75 Å². The molecule has 0 bridgehead atoms. The van der Waals surface area contributed by atoms with Gasteiger partial charge in [0.25, 0.3) is 0 Å². The molecule has 2 aromatic carbocycles. The maximum atomic E-state index is 13.3. The van der Waals surface area contributed by atoms with Gasteiger partial charge in [0.05, 0.1) is 23.7 Å². The molecule has 166 valence electrons. The van der Waals surface area contributed by atoms with E-state index in [4.69, 9.17) is 0 Å². The molecule has 0 aromatic heterocycles. The van der Waals surface area contributed by atoms with Crippen molar-refractivity contribution in [2.75, 3.05) is 49.1 Å². The summed E-state index contributed by atoms with van der Waals surface area (Å²) in [6.07, 6.45) is 0.502. The molecule has 1 unspecified atom stereocenters. The molecule has 1 N–H and O–H groups in total. The van der Waals surface area contributed by atoms with Gasteiger partial charge in [-0.3, -0.25) is 9.69 Å². The van der Waals surface area contributed by atoms with Gasteiger partial charge in [-0.1, -0.05) is 42.5 Å². The van der Waals surface area contributed by atoms with Crippen LogP contribution in [0.1, 0.15) is 12.0 Å². The molecule has 0 radical (unpaired) electrons. The van der Waals surface area contributed by atoms with Gasteiger partial charge in [-0.15, -0.1) is 0 Å². The lowest BCUT2D eigenvalue weighted by molar-refractivity contribution is -0.135. The average Bonchev–Trinajstić information content (AvgIpc) is 3.13. The number of piperazine rings is 1. The fourth-order valence-electron chi connectivity index (χ4n) is 4.38. The van der Waals surface area contributed by atoms with E-state index >= 15 is 0 Å². The largest absolute Gasteiger partial charge is 0.506 e. The van der Waals surface area contributed by atoms with Crippen LogP contribution < -0.4 is 4.90 Å². The fourth-order valence-corrected chi connectivity index (χ4v) is 6.11. The molecule has 7 nitrogen and oxygen atoms in total. The quantitative estimate of drug-likeness (QED) is 0.732. The highest BCUT2D eigenvalue weighted by atomic mass is 32.2. The number of amides is 1. The molecule has 0 saturated carbocycles. The smallest absolute Gasteiger partial charge is 0.237 e. The number of benzene rings is 2. The van der Waals surface area contributed by atoms with Gasteiger partial charge in [-0.05, 0) is 24.1 Å². The van der Waals surface area contributed by atoms with E-state index in [1.165, 1.54) is 0 Å². The first-order chi connectivity index (χ1) is 14.9. The van der Waals surface area contributed by atoms with Crippen molar-refractivity contribution in [3.8, 4) is 5.75 Å². The summed E-state index contributed by atoms with van der Waals surface area (Å²) in [4.78, 5) is 19.3. The van der Waals surface area contributed by atoms with Crippen LogP contribution in [0.3, 0.4) is 0 Å². The highest BCUT2D eigenvalue weighted by Crippen LogP contribution is 2.27. The number of rotatable bonds is 6. The molecule has 1 atom stereocenters. The highest BCUT2D eigenvalue weighted by molar-refractivity contribution is 7.91. The SMILES string of the molecule is O=C(CN1CCN(c2ccccc2O)CC1)N(Cc1ccccc1)C1CCS(=O)(=O)C1. The second-order valence-corrected chi connectivity index (χ2v) is 10.5. The van der Waals surface area contributed by atoms with Crippen LogP contribution >= 0.6 is 0 Å². The number of sulfone groups is 1. The van der Waals surface area contributed by atoms with E-state index in [0.717, 1.165) is 24.3 Å². The minimum absolute atomic E-state index is 0.0260. The standard InChI is InChI=1S/C23H29N3O4S/c27-22-9-5-4-8-21(22)25-13-11-24(12-14-25)17-23(28)26(16-19-6-2-1-3-7-19)20-10-15-31(29,30)18-20/h1-9,20,27H,10-18H2. The minimum Gasteiger partial charge on any atom is -0.506 e. The van der Waals surface area contributed by atoms with E-state index in [-0.39, 0.29) is 35.7 Å². The summed E-state index contributed by atoms with van der Waals surface area (Å²) in [6, 6.07) is 16.8. The number of nitrogens with zero attached hydrogens (tertiary/aromatic N) is 3. The van der Waals surface area contributed by atoms with Gasteiger partial charge >= 0.3 is 0 Å². The Morgan fingerprint density at radius 2 is 1.68 bits per heavy atom. The van der Waals surface area contributed by atoms with Crippen LogP contribution in [0, 0.1) is 0 Å². The molecule has 31 heavy (non-hydrogen) atoms. The van der Waals surface area contributed by atoms with Crippen LogP contribution in [0.25, 0.3) is 0 Å². The lowest BCUT2D eigenvalue weighted by Gasteiger charge is -2.37. The molecule has 0 spiro atoms. The molecule has 2 aliphatic rings. The molecule has 4 rings (SSSR count). The molecular formula is C23H29N3O4S. The Morgan fingerprint density at radius 1 is 1.00 bits per heavy atom. The maximum Gasteiger partial charge on any atom is 0.237 e. The Bertz CT molecular complexity index is 1000. The summed E-state index contributed by atoms with van der Waals surface area (Å²) < 4.78 is 24.1. The number of aromatic hydroxyl groups is 1. The number of para-hydroxylation sites is 2. The Hall–Kier alpha value is -2.58. The lowest BCUT2D eigenvalue weighted by atomic mass is 10.1. The molecule has 2 fully saturated rings. The van der Waals surface area contributed by atoms with Crippen molar-refractivity contribution >= 4 is 21.4 Å². The third-order valence-electron chi connectivity index (χ3n) is 6.12. The topological polar surface area (TPSA) is 81.2 Å². The predicted molar refractivity (Wildman–Crippen MR) is 121 cm³/mol. The second-order valence-electron chi connectivity index (χ2n) is 8.32. The maximum absolute atomic E-state index is 13.3. The summed E-state index contributed by atoms with van der Waals surface area (Å²) in [6.45, 7) is 3.57. The van der Waals surface area contributed by atoms with Crippen molar-refractivity contribution in [1.29, 1.82) is 0 Å². The Balaban J connectivity index is 1.40.